The van der Waals surface area contributed by atoms with Crippen LogP contribution in [0.2, 0.25) is 0 Å². The standard InChI is InChI=1S/C14H19N3O/c1-10-7-11(2)16-14(13(10)8-15)17-5-3-12(9-18)4-6-17/h7,12,18H,3-6,9H2,1-2H3. The Hall–Kier alpha value is -1.60. The second-order valence-corrected chi connectivity index (χ2v) is 5.00. The zero-order valence-corrected chi connectivity index (χ0v) is 11.0. The monoisotopic (exact) mass is 245 g/mol. The van der Waals surface area contributed by atoms with Gasteiger partial charge < -0.3 is 10.0 Å². The molecular weight excluding hydrogens is 226 g/mol. The maximum atomic E-state index is 9.26. The molecule has 0 bridgehead atoms. The smallest absolute Gasteiger partial charge is 0.147 e. The molecule has 0 aromatic carbocycles. The molecule has 96 valence electrons. The van der Waals surface area contributed by atoms with Crippen LogP contribution in [-0.4, -0.2) is 29.8 Å². The summed E-state index contributed by atoms with van der Waals surface area (Å²) in [6.45, 7) is 5.92. The van der Waals surface area contributed by atoms with Crippen molar-refractivity contribution in [2.45, 2.75) is 26.7 Å². The average molecular weight is 245 g/mol. The van der Waals surface area contributed by atoms with E-state index in [1.807, 2.05) is 19.9 Å². The van der Waals surface area contributed by atoms with Crippen LogP contribution in [0.1, 0.15) is 29.7 Å². The third-order valence-corrected chi connectivity index (χ3v) is 3.61. The van der Waals surface area contributed by atoms with Crippen molar-refractivity contribution in [2.24, 2.45) is 5.92 Å². The number of nitriles is 1. The molecule has 4 nitrogen and oxygen atoms in total. The fourth-order valence-corrected chi connectivity index (χ4v) is 2.51. The maximum absolute atomic E-state index is 9.26. The molecule has 2 heterocycles. The van der Waals surface area contributed by atoms with Gasteiger partial charge in [0, 0.05) is 25.4 Å². The first-order valence-electron chi connectivity index (χ1n) is 6.40. The molecule has 1 aromatic heterocycles. The van der Waals surface area contributed by atoms with Crippen molar-refractivity contribution in [3.63, 3.8) is 0 Å². The second kappa shape index (κ2) is 5.36. The van der Waals surface area contributed by atoms with Crippen LogP contribution in [0.5, 0.6) is 0 Å². The molecular formula is C14H19N3O. The molecule has 1 saturated heterocycles. The minimum absolute atomic E-state index is 0.263. The van der Waals surface area contributed by atoms with E-state index in [-0.39, 0.29) is 6.61 Å². The van der Waals surface area contributed by atoms with Gasteiger partial charge in [0.25, 0.3) is 0 Å². The molecule has 0 aliphatic carbocycles. The van der Waals surface area contributed by atoms with Gasteiger partial charge in [-0.15, -0.1) is 0 Å². The van der Waals surface area contributed by atoms with Crippen molar-refractivity contribution in [2.75, 3.05) is 24.6 Å². The maximum Gasteiger partial charge on any atom is 0.147 e. The van der Waals surface area contributed by atoms with E-state index in [1.54, 1.807) is 0 Å². The van der Waals surface area contributed by atoms with Crippen LogP contribution < -0.4 is 4.90 Å². The first-order chi connectivity index (χ1) is 8.65. The summed E-state index contributed by atoms with van der Waals surface area (Å²) in [5.41, 5.74) is 2.62. The van der Waals surface area contributed by atoms with E-state index < -0.39 is 0 Å². The molecule has 0 radical (unpaired) electrons. The van der Waals surface area contributed by atoms with E-state index in [2.05, 4.69) is 16.0 Å². The second-order valence-electron chi connectivity index (χ2n) is 5.00. The molecule has 1 aliphatic rings. The molecule has 0 unspecified atom stereocenters. The van der Waals surface area contributed by atoms with Crippen molar-refractivity contribution < 1.29 is 5.11 Å². The summed E-state index contributed by atoms with van der Waals surface area (Å²) in [5, 5.41) is 18.4. The Balaban J connectivity index is 2.26. The topological polar surface area (TPSA) is 60.2 Å². The lowest BCUT2D eigenvalue weighted by Gasteiger charge is -2.32. The van der Waals surface area contributed by atoms with E-state index in [0.717, 1.165) is 43.0 Å². The van der Waals surface area contributed by atoms with Gasteiger partial charge >= 0.3 is 0 Å². The Morgan fingerprint density at radius 2 is 2.11 bits per heavy atom. The molecule has 1 fully saturated rings. The number of hydrogen-bond acceptors (Lipinski definition) is 4. The molecule has 0 saturated carbocycles. The molecule has 1 N–H and O–H groups in total. The highest BCUT2D eigenvalue weighted by atomic mass is 16.3. The summed E-state index contributed by atoms with van der Waals surface area (Å²) in [4.78, 5) is 6.69. The van der Waals surface area contributed by atoms with Crippen LogP contribution in [0.25, 0.3) is 0 Å². The summed E-state index contributed by atoms with van der Waals surface area (Å²) < 4.78 is 0. The van der Waals surface area contributed by atoms with Crippen molar-refractivity contribution in [1.82, 2.24) is 4.98 Å². The van der Waals surface area contributed by atoms with E-state index in [1.165, 1.54) is 0 Å². The summed E-state index contributed by atoms with van der Waals surface area (Å²) in [6, 6.07) is 4.21. The Morgan fingerprint density at radius 3 is 2.67 bits per heavy atom. The third kappa shape index (κ3) is 2.46. The molecule has 2 rings (SSSR count). The summed E-state index contributed by atoms with van der Waals surface area (Å²) in [5.74, 6) is 1.21. The SMILES string of the molecule is Cc1cc(C)c(C#N)c(N2CCC(CO)CC2)n1. The first kappa shape index (κ1) is 12.8. The number of piperidine rings is 1. The molecule has 4 heteroatoms. The average Bonchev–Trinajstić information content (AvgIpc) is 2.38. The fraction of sp³-hybridized carbons (Fsp3) is 0.571. The highest BCUT2D eigenvalue weighted by Gasteiger charge is 2.22. The molecule has 1 aliphatic heterocycles. The lowest BCUT2D eigenvalue weighted by molar-refractivity contribution is 0.202. The molecule has 0 amide bonds. The van der Waals surface area contributed by atoms with Crippen molar-refractivity contribution in [3.8, 4) is 6.07 Å². The quantitative estimate of drug-likeness (QED) is 0.862. The van der Waals surface area contributed by atoms with Gasteiger partial charge in [0.1, 0.15) is 11.9 Å². The number of aliphatic hydroxyl groups is 1. The Labute approximate surface area is 108 Å². The number of aliphatic hydroxyl groups excluding tert-OH is 1. The zero-order valence-electron chi connectivity index (χ0n) is 11.0. The number of aryl methyl sites for hydroxylation is 2. The number of anilines is 1. The summed E-state index contributed by atoms with van der Waals surface area (Å²) >= 11 is 0. The molecule has 18 heavy (non-hydrogen) atoms. The third-order valence-electron chi connectivity index (χ3n) is 3.61. The number of hydrogen-bond donors (Lipinski definition) is 1. The number of pyridine rings is 1. The van der Waals surface area contributed by atoms with Crippen molar-refractivity contribution in [3.05, 3.63) is 22.9 Å². The zero-order chi connectivity index (χ0) is 13.1. The van der Waals surface area contributed by atoms with Gasteiger partial charge in [-0.2, -0.15) is 5.26 Å². The van der Waals surface area contributed by atoms with Crippen LogP contribution in [0, 0.1) is 31.1 Å². The lowest BCUT2D eigenvalue weighted by Crippen LogP contribution is -2.36. The summed E-state index contributed by atoms with van der Waals surface area (Å²) in [7, 11) is 0. The van der Waals surface area contributed by atoms with E-state index in [9.17, 15) is 5.26 Å². The van der Waals surface area contributed by atoms with Crippen LogP contribution >= 0.6 is 0 Å². The summed E-state index contributed by atoms with van der Waals surface area (Å²) in [6.07, 6.45) is 1.94. The Bertz CT molecular complexity index is 471. The van der Waals surface area contributed by atoms with Crippen LogP contribution in [0.15, 0.2) is 6.07 Å². The van der Waals surface area contributed by atoms with E-state index in [0.29, 0.717) is 11.5 Å². The van der Waals surface area contributed by atoms with E-state index in [4.69, 9.17) is 5.11 Å². The lowest BCUT2D eigenvalue weighted by atomic mass is 9.97. The van der Waals surface area contributed by atoms with Gasteiger partial charge in [0.15, 0.2) is 0 Å². The highest BCUT2D eigenvalue weighted by molar-refractivity contribution is 5.58. The van der Waals surface area contributed by atoms with Gasteiger partial charge in [-0.3, -0.25) is 0 Å². The van der Waals surface area contributed by atoms with E-state index >= 15 is 0 Å². The van der Waals surface area contributed by atoms with Crippen LogP contribution in [0.3, 0.4) is 0 Å². The predicted molar refractivity (Wildman–Crippen MR) is 70.4 cm³/mol. The molecule has 0 atom stereocenters. The van der Waals surface area contributed by atoms with Gasteiger partial charge in [0.05, 0.1) is 5.56 Å². The van der Waals surface area contributed by atoms with Crippen LogP contribution in [0.4, 0.5) is 5.82 Å². The van der Waals surface area contributed by atoms with Crippen LogP contribution in [-0.2, 0) is 0 Å². The fourth-order valence-electron chi connectivity index (χ4n) is 2.51. The molecule has 0 spiro atoms. The Morgan fingerprint density at radius 1 is 1.44 bits per heavy atom. The molecule has 1 aromatic rings. The minimum Gasteiger partial charge on any atom is -0.396 e. The largest absolute Gasteiger partial charge is 0.396 e. The van der Waals surface area contributed by atoms with Gasteiger partial charge in [-0.1, -0.05) is 0 Å². The van der Waals surface area contributed by atoms with Gasteiger partial charge in [-0.05, 0) is 44.2 Å². The number of aromatic nitrogens is 1. The predicted octanol–water partition coefficient (Wildman–Crippen LogP) is 1.78. The number of rotatable bonds is 2. The normalized spacial score (nSPS) is 16.7. The highest BCUT2D eigenvalue weighted by Crippen LogP contribution is 2.26. The van der Waals surface area contributed by atoms with Crippen molar-refractivity contribution in [1.29, 1.82) is 5.26 Å². The van der Waals surface area contributed by atoms with Gasteiger partial charge in [0.2, 0.25) is 0 Å². The van der Waals surface area contributed by atoms with Crippen molar-refractivity contribution >= 4 is 5.82 Å². The first-order valence-corrected chi connectivity index (χ1v) is 6.40. The van der Waals surface area contributed by atoms with Gasteiger partial charge in [-0.25, -0.2) is 4.98 Å². The number of nitrogens with zero attached hydrogens (tertiary/aromatic N) is 3. The Kier molecular flexibility index (Phi) is 3.83. The minimum atomic E-state index is 0.263.